The Hall–Kier alpha value is -0.830. The zero-order valence-corrected chi connectivity index (χ0v) is 12.5. The summed E-state index contributed by atoms with van der Waals surface area (Å²) in [4.78, 5) is 11.9. The lowest BCUT2D eigenvalue weighted by Gasteiger charge is -2.26. The molecule has 94 valence electrons. The quantitative estimate of drug-likeness (QED) is 0.877. The Labute approximate surface area is 112 Å². The van der Waals surface area contributed by atoms with Gasteiger partial charge in [0, 0.05) is 16.6 Å². The lowest BCUT2D eigenvalue weighted by Crippen LogP contribution is -2.23. The van der Waals surface area contributed by atoms with Crippen LogP contribution in [0, 0.1) is 11.3 Å². The summed E-state index contributed by atoms with van der Waals surface area (Å²) in [5.74, 6) is 0.431. The molecule has 0 aliphatic carbocycles. The molecular weight excluding hydrogens is 278 g/mol. The summed E-state index contributed by atoms with van der Waals surface area (Å²) in [6, 6.07) is 7.64. The molecule has 1 aromatic carbocycles. The summed E-state index contributed by atoms with van der Waals surface area (Å²) in [7, 11) is 0. The molecule has 0 bridgehead atoms. The number of benzene rings is 1. The van der Waals surface area contributed by atoms with Gasteiger partial charge in [0.05, 0.1) is 0 Å². The molecule has 0 fully saturated rings. The van der Waals surface area contributed by atoms with E-state index in [0.717, 1.165) is 10.2 Å². The van der Waals surface area contributed by atoms with E-state index < -0.39 is 0 Å². The topological polar surface area (TPSA) is 29.1 Å². The fourth-order valence-corrected chi connectivity index (χ4v) is 1.76. The second-order valence-electron chi connectivity index (χ2n) is 5.53. The van der Waals surface area contributed by atoms with E-state index >= 15 is 0 Å². The van der Waals surface area contributed by atoms with Crippen LogP contribution < -0.4 is 5.32 Å². The van der Waals surface area contributed by atoms with Gasteiger partial charge in [0.25, 0.3) is 0 Å². The highest BCUT2D eigenvalue weighted by molar-refractivity contribution is 9.10. The maximum Gasteiger partial charge on any atom is 0.224 e. The number of hydrogen-bond acceptors (Lipinski definition) is 1. The monoisotopic (exact) mass is 297 g/mol. The molecule has 1 rings (SSSR count). The maximum absolute atomic E-state index is 11.9. The molecule has 1 N–H and O–H groups in total. The molecule has 17 heavy (non-hydrogen) atoms. The SMILES string of the molecule is CC(CC(=O)Nc1cccc(Br)c1)C(C)(C)C. The fourth-order valence-electron chi connectivity index (χ4n) is 1.36. The molecule has 0 saturated heterocycles. The molecule has 0 heterocycles. The Balaban J connectivity index is 2.56. The number of hydrogen-bond donors (Lipinski definition) is 1. The van der Waals surface area contributed by atoms with Crippen molar-refractivity contribution in [2.45, 2.75) is 34.1 Å². The van der Waals surface area contributed by atoms with E-state index in [4.69, 9.17) is 0 Å². The molecule has 1 aromatic rings. The normalized spacial score (nSPS) is 13.2. The molecular formula is C14H20BrNO. The van der Waals surface area contributed by atoms with Crippen LogP contribution >= 0.6 is 15.9 Å². The van der Waals surface area contributed by atoms with Gasteiger partial charge in [-0.3, -0.25) is 4.79 Å². The summed E-state index contributed by atoms with van der Waals surface area (Å²) >= 11 is 3.38. The van der Waals surface area contributed by atoms with Gasteiger partial charge in [-0.15, -0.1) is 0 Å². The number of carbonyl (C=O) groups excluding carboxylic acids is 1. The minimum Gasteiger partial charge on any atom is -0.326 e. The van der Waals surface area contributed by atoms with Gasteiger partial charge >= 0.3 is 0 Å². The van der Waals surface area contributed by atoms with Crippen molar-refractivity contribution >= 4 is 27.5 Å². The van der Waals surface area contributed by atoms with Gasteiger partial charge in [-0.2, -0.15) is 0 Å². The fraction of sp³-hybridized carbons (Fsp3) is 0.500. The van der Waals surface area contributed by atoms with Crippen LogP contribution in [0.3, 0.4) is 0 Å². The number of rotatable bonds is 3. The number of carbonyl (C=O) groups is 1. The predicted molar refractivity (Wildman–Crippen MR) is 76.0 cm³/mol. The van der Waals surface area contributed by atoms with Crippen LogP contribution in [0.5, 0.6) is 0 Å². The van der Waals surface area contributed by atoms with Crippen molar-refractivity contribution in [1.82, 2.24) is 0 Å². The van der Waals surface area contributed by atoms with Crippen molar-refractivity contribution in [3.05, 3.63) is 28.7 Å². The van der Waals surface area contributed by atoms with Crippen LogP contribution in [0.25, 0.3) is 0 Å². The Kier molecular flexibility index (Phi) is 4.75. The highest BCUT2D eigenvalue weighted by Crippen LogP contribution is 2.28. The predicted octanol–water partition coefficient (Wildman–Crippen LogP) is 4.46. The van der Waals surface area contributed by atoms with Crippen LogP contribution in [0.15, 0.2) is 28.7 Å². The van der Waals surface area contributed by atoms with Crippen LogP contribution in [-0.2, 0) is 4.79 Å². The van der Waals surface area contributed by atoms with Crippen LogP contribution in [0.1, 0.15) is 34.1 Å². The van der Waals surface area contributed by atoms with Crippen LogP contribution in [-0.4, -0.2) is 5.91 Å². The molecule has 0 aliphatic heterocycles. The summed E-state index contributed by atoms with van der Waals surface area (Å²) < 4.78 is 0.971. The number of amides is 1. The molecule has 1 amide bonds. The Morgan fingerprint density at radius 3 is 2.59 bits per heavy atom. The van der Waals surface area contributed by atoms with Gasteiger partial charge in [0.15, 0.2) is 0 Å². The summed E-state index contributed by atoms with van der Waals surface area (Å²) in [6.07, 6.45) is 0.552. The Morgan fingerprint density at radius 1 is 1.41 bits per heavy atom. The second kappa shape index (κ2) is 5.67. The van der Waals surface area contributed by atoms with E-state index in [9.17, 15) is 4.79 Å². The van der Waals surface area contributed by atoms with Crippen LogP contribution in [0.2, 0.25) is 0 Å². The van der Waals surface area contributed by atoms with Gasteiger partial charge in [-0.05, 0) is 29.5 Å². The van der Waals surface area contributed by atoms with Gasteiger partial charge in [0.2, 0.25) is 5.91 Å². The van der Waals surface area contributed by atoms with Crippen LogP contribution in [0.4, 0.5) is 5.69 Å². The first-order valence-electron chi connectivity index (χ1n) is 5.84. The van der Waals surface area contributed by atoms with E-state index in [0.29, 0.717) is 12.3 Å². The summed E-state index contributed by atoms with van der Waals surface area (Å²) in [5.41, 5.74) is 1.000. The van der Waals surface area contributed by atoms with Gasteiger partial charge < -0.3 is 5.32 Å². The first kappa shape index (κ1) is 14.2. The first-order valence-corrected chi connectivity index (χ1v) is 6.64. The standard InChI is InChI=1S/C14H20BrNO/c1-10(14(2,3)4)8-13(17)16-12-7-5-6-11(15)9-12/h5-7,9-10H,8H2,1-4H3,(H,16,17). The molecule has 1 unspecified atom stereocenters. The maximum atomic E-state index is 11.9. The zero-order chi connectivity index (χ0) is 13.1. The molecule has 2 nitrogen and oxygen atoms in total. The van der Waals surface area contributed by atoms with E-state index in [2.05, 4.69) is 48.9 Å². The summed E-state index contributed by atoms with van der Waals surface area (Å²) in [6.45, 7) is 8.58. The minimum absolute atomic E-state index is 0.0746. The Bertz CT molecular complexity index is 395. The van der Waals surface area contributed by atoms with Crippen molar-refractivity contribution in [2.24, 2.45) is 11.3 Å². The third kappa shape index (κ3) is 4.90. The van der Waals surface area contributed by atoms with Gasteiger partial charge in [0.1, 0.15) is 0 Å². The summed E-state index contributed by atoms with van der Waals surface area (Å²) in [5, 5.41) is 2.92. The van der Waals surface area contributed by atoms with Crippen molar-refractivity contribution < 1.29 is 4.79 Å². The third-order valence-corrected chi connectivity index (χ3v) is 3.57. The van der Waals surface area contributed by atoms with Gasteiger partial charge in [-0.25, -0.2) is 0 Å². The van der Waals surface area contributed by atoms with Crippen molar-refractivity contribution in [2.75, 3.05) is 5.32 Å². The molecule has 0 spiro atoms. The van der Waals surface area contributed by atoms with E-state index in [1.165, 1.54) is 0 Å². The number of anilines is 1. The van der Waals surface area contributed by atoms with Crippen molar-refractivity contribution in [3.8, 4) is 0 Å². The van der Waals surface area contributed by atoms with E-state index in [-0.39, 0.29) is 11.3 Å². The van der Waals surface area contributed by atoms with Crippen molar-refractivity contribution in [3.63, 3.8) is 0 Å². The minimum atomic E-state index is 0.0746. The lowest BCUT2D eigenvalue weighted by molar-refractivity contribution is -0.117. The lowest BCUT2D eigenvalue weighted by atomic mass is 9.80. The Morgan fingerprint density at radius 2 is 2.06 bits per heavy atom. The highest BCUT2D eigenvalue weighted by Gasteiger charge is 2.22. The third-order valence-electron chi connectivity index (χ3n) is 3.08. The molecule has 0 saturated carbocycles. The molecule has 0 aromatic heterocycles. The number of halogens is 1. The average molecular weight is 298 g/mol. The van der Waals surface area contributed by atoms with Gasteiger partial charge in [-0.1, -0.05) is 49.7 Å². The molecule has 3 heteroatoms. The zero-order valence-electron chi connectivity index (χ0n) is 10.9. The second-order valence-corrected chi connectivity index (χ2v) is 6.45. The first-order chi connectivity index (χ1) is 7.79. The highest BCUT2D eigenvalue weighted by atomic mass is 79.9. The van der Waals surface area contributed by atoms with E-state index in [1.807, 2.05) is 24.3 Å². The average Bonchev–Trinajstić information content (AvgIpc) is 2.15. The smallest absolute Gasteiger partial charge is 0.224 e. The number of nitrogens with one attached hydrogen (secondary N) is 1. The van der Waals surface area contributed by atoms with E-state index in [1.54, 1.807) is 0 Å². The van der Waals surface area contributed by atoms with Crippen molar-refractivity contribution in [1.29, 1.82) is 0 Å². The largest absolute Gasteiger partial charge is 0.326 e. The molecule has 1 atom stereocenters. The molecule has 0 radical (unpaired) electrons. The molecule has 0 aliphatic rings.